The van der Waals surface area contributed by atoms with Gasteiger partial charge in [0.2, 0.25) is 5.91 Å². The minimum atomic E-state index is -0.474. The molecule has 3 rings (SSSR count). The number of para-hydroxylation sites is 1. The van der Waals surface area contributed by atoms with Gasteiger partial charge in [0.1, 0.15) is 18.0 Å². The van der Waals surface area contributed by atoms with Gasteiger partial charge in [-0.15, -0.1) is 0 Å². The van der Waals surface area contributed by atoms with Crippen molar-refractivity contribution in [1.82, 2.24) is 21.3 Å². The number of rotatable bonds is 3. The highest BCUT2D eigenvalue weighted by atomic mass is 19.1. The predicted molar refractivity (Wildman–Crippen MR) is 82.1 cm³/mol. The number of hydrogen-bond donors (Lipinski definition) is 4. The molecule has 2 aliphatic rings. The van der Waals surface area contributed by atoms with E-state index in [-0.39, 0.29) is 11.7 Å². The summed E-state index contributed by atoms with van der Waals surface area (Å²) in [5.74, 6) is -0.301. The Kier molecular flexibility index (Phi) is 4.87. The highest BCUT2D eigenvalue weighted by Crippen LogP contribution is 2.17. The van der Waals surface area contributed by atoms with Crippen LogP contribution in [0, 0.1) is 5.82 Å². The molecular weight excluding hydrogens is 285 g/mol. The van der Waals surface area contributed by atoms with Crippen molar-refractivity contribution < 1.29 is 9.18 Å². The smallest absolute Gasteiger partial charge is 0.244 e. The van der Waals surface area contributed by atoms with Gasteiger partial charge in [-0.3, -0.25) is 4.79 Å². The van der Waals surface area contributed by atoms with Crippen LogP contribution >= 0.6 is 0 Å². The van der Waals surface area contributed by atoms with Crippen LogP contribution in [0.15, 0.2) is 24.3 Å². The molecule has 2 aliphatic heterocycles. The second-order valence-electron chi connectivity index (χ2n) is 5.73. The van der Waals surface area contributed by atoms with Gasteiger partial charge in [-0.2, -0.15) is 5.53 Å². The van der Waals surface area contributed by atoms with E-state index in [4.69, 9.17) is 0 Å². The first-order chi connectivity index (χ1) is 10.8. The van der Waals surface area contributed by atoms with E-state index in [1.807, 2.05) is 4.90 Å². The molecule has 0 bridgehead atoms. The van der Waals surface area contributed by atoms with Gasteiger partial charge in [0, 0.05) is 13.1 Å². The van der Waals surface area contributed by atoms with E-state index in [0.717, 1.165) is 25.9 Å². The zero-order valence-corrected chi connectivity index (χ0v) is 12.4. The Morgan fingerprint density at radius 1 is 1.14 bits per heavy atom. The average Bonchev–Trinajstić information content (AvgIpc) is 2.81. The first kappa shape index (κ1) is 15.2. The SMILES string of the molecule is O=C(C1NNNC1Nc1ccccc1F)N1CCCCCC1. The van der Waals surface area contributed by atoms with E-state index in [2.05, 4.69) is 21.7 Å². The zero-order valence-electron chi connectivity index (χ0n) is 12.4. The second kappa shape index (κ2) is 7.04. The van der Waals surface area contributed by atoms with E-state index in [0.29, 0.717) is 5.69 Å². The van der Waals surface area contributed by atoms with Crippen LogP contribution in [0.5, 0.6) is 0 Å². The van der Waals surface area contributed by atoms with E-state index in [9.17, 15) is 9.18 Å². The number of hydrogen-bond acceptors (Lipinski definition) is 5. The topological polar surface area (TPSA) is 68.4 Å². The van der Waals surface area contributed by atoms with Crippen LogP contribution in [0.4, 0.5) is 10.1 Å². The van der Waals surface area contributed by atoms with Gasteiger partial charge in [-0.05, 0) is 25.0 Å². The molecule has 1 aromatic rings. The van der Waals surface area contributed by atoms with Crippen molar-refractivity contribution in [2.45, 2.75) is 37.9 Å². The summed E-state index contributed by atoms with van der Waals surface area (Å²) in [5.41, 5.74) is 9.00. The Balaban J connectivity index is 1.67. The van der Waals surface area contributed by atoms with Crippen LogP contribution in [0.25, 0.3) is 0 Å². The summed E-state index contributed by atoms with van der Waals surface area (Å²) >= 11 is 0. The van der Waals surface area contributed by atoms with Crippen molar-refractivity contribution in [2.75, 3.05) is 18.4 Å². The quantitative estimate of drug-likeness (QED) is 0.669. The minimum absolute atomic E-state index is 0.0354. The first-order valence-corrected chi connectivity index (χ1v) is 7.81. The number of nitrogens with one attached hydrogen (secondary N) is 4. The number of carbonyl (C=O) groups excluding carboxylic acids is 1. The lowest BCUT2D eigenvalue weighted by Gasteiger charge is -2.27. The maximum Gasteiger partial charge on any atom is 0.244 e. The highest BCUT2D eigenvalue weighted by Gasteiger charge is 2.35. The zero-order chi connectivity index (χ0) is 15.4. The molecule has 0 aliphatic carbocycles. The molecule has 0 aromatic heterocycles. The van der Waals surface area contributed by atoms with Gasteiger partial charge in [-0.25, -0.2) is 15.2 Å². The molecule has 0 radical (unpaired) electrons. The third-order valence-electron chi connectivity index (χ3n) is 4.16. The number of nitrogens with zero attached hydrogens (tertiary/aromatic N) is 1. The van der Waals surface area contributed by atoms with Gasteiger partial charge in [0.05, 0.1) is 5.69 Å². The number of halogens is 1. The number of likely N-dealkylation sites (tertiary alicyclic amines) is 1. The van der Waals surface area contributed by atoms with Crippen molar-refractivity contribution in [1.29, 1.82) is 0 Å². The Morgan fingerprint density at radius 2 is 1.86 bits per heavy atom. The molecule has 2 saturated heterocycles. The minimum Gasteiger partial charge on any atom is -0.365 e. The average molecular weight is 307 g/mol. The van der Waals surface area contributed by atoms with Crippen molar-refractivity contribution >= 4 is 11.6 Å². The number of amides is 1. The fourth-order valence-corrected chi connectivity index (χ4v) is 2.92. The Bertz CT molecular complexity index is 518. The molecule has 0 spiro atoms. The normalized spacial score (nSPS) is 25.8. The highest BCUT2D eigenvalue weighted by molar-refractivity contribution is 5.83. The monoisotopic (exact) mass is 307 g/mol. The van der Waals surface area contributed by atoms with Crippen LogP contribution in [0.1, 0.15) is 25.7 Å². The molecule has 4 N–H and O–H groups in total. The summed E-state index contributed by atoms with van der Waals surface area (Å²) in [6, 6.07) is 5.97. The molecule has 1 amide bonds. The van der Waals surface area contributed by atoms with Crippen LogP contribution in [-0.2, 0) is 4.79 Å². The van der Waals surface area contributed by atoms with E-state index in [1.165, 1.54) is 18.9 Å². The van der Waals surface area contributed by atoms with Gasteiger partial charge in [0.25, 0.3) is 0 Å². The maximum atomic E-state index is 13.8. The Morgan fingerprint density at radius 3 is 2.59 bits per heavy atom. The molecular formula is C15H22FN5O. The third kappa shape index (κ3) is 3.37. The summed E-state index contributed by atoms with van der Waals surface area (Å²) in [5, 5.41) is 3.04. The molecule has 22 heavy (non-hydrogen) atoms. The molecule has 2 fully saturated rings. The van der Waals surface area contributed by atoms with Crippen molar-refractivity contribution in [2.24, 2.45) is 0 Å². The van der Waals surface area contributed by atoms with Crippen LogP contribution in [-0.4, -0.2) is 36.1 Å². The van der Waals surface area contributed by atoms with Crippen LogP contribution < -0.4 is 21.7 Å². The fourth-order valence-electron chi connectivity index (χ4n) is 2.92. The molecule has 1 aromatic carbocycles. The molecule has 7 heteroatoms. The lowest BCUT2D eigenvalue weighted by atomic mass is 10.2. The van der Waals surface area contributed by atoms with E-state index < -0.39 is 12.2 Å². The fraction of sp³-hybridized carbons (Fsp3) is 0.533. The molecule has 0 saturated carbocycles. The first-order valence-electron chi connectivity index (χ1n) is 7.81. The molecule has 120 valence electrons. The summed E-state index contributed by atoms with van der Waals surface area (Å²) in [4.78, 5) is 14.6. The van der Waals surface area contributed by atoms with E-state index in [1.54, 1.807) is 18.2 Å². The van der Waals surface area contributed by atoms with Crippen molar-refractivity contribution in [3.05, 3.63) is 30.1 Å². The molecule has 2 atom stereocenters. The van der Waals surface area contributed by atoms with Gasteiger partial charge in [0.15, 0.2) is 0 Å². The third-order valence-corrected chi connectivity index (χ3v) is 4.16. The second-order valence-corrected chi connectivity index (χ2v) is 5.73. The lowest BCUT2D eigenvalue weighted by Crippen LogP contribution is -2.52. The standard InChI is InChI=1S/C15H22FN5O/c16-11-7-3-4-8-12(11)17-14-13(18-20-19-14)15(22)21-9-5-1-2-6-10-21/h3-4,7-8,13-14,17-20H,1-2,5-6,9-10H2. The predicted octanol–water partition coefficient (Wildman–Crippen LogP) is 0.947. The van der Waals surface area contributed by atoms with Crippen LogP contribution in [0.2, 0.25) is 0 Å². The van der Waals surface area contributed by atoms with Gasteiger partial charge < -0.3 is 10.2 Å². The van der Waals surface area contributed by atoms with Crippen molar-refractivity contribution in [3.8, 4) is 0 Å². The molecule has 6 nitrogen and oxygen atoms in total. The number of carbonyl (C=O) groups is 1. The number of hydrazine groups is 2. The number of anilines is 1. The lowest BCUT2D eigenvalue weighted by molar-refractivity contribution is -0.133. The number of benzene rings is 1. The van der Waals surface area contributed by atoms with Gasteiger partial charge >= 0.3 is 0 Å². The Hall–Kier alpha value is -1.70. The largest absolute Gasteiger partial charge is 0.365 e. The summed E-state index contributed by atoms with van der Waals surface area (Å²) in [6.45, 7) is 1.59. The summed E-state index contributed by atoms with van der Waals surface area (Å²) < 4.78 is 13.8. The maximum absolute atomic E-state index is 13.8. The Labute approximate surface area is 129 Å². The van der Waals surface area contributed by atoms with Crippen LogP contribution in [0.3, 0.4) is 0 Å². The van der Waals surface area contributed by atoms with Crippen molar-refractivity contribution in [3.63, 3.8) is 0 Å². The molecule has 2 unspecified atom stereocenters. The van der Waals surface area contributed by atoms with Gasteiger partial charge in [-0.1, -0.05) is 25.0 Å². The molecule has 2 heterocycles. The van der Waals surface area contributed by atoms with E-state index >= 15 is 0 Å². The summed E-state index contributed by atoms with van der Waals surface area (Å²) in [7, 11) is 0. The summed E-state index contributed by atoms with van der Waals surface area (Å²) in [6.07, 6.45) is 4.03.